The van der Waals surface area contributed by atoms with E-state index in [4.69, 9.17) is 0 Å². The highest BCUT2D eigenvalue weighted by molar-refractivity contribution is 4.79. The standard InChI is InChI=1S/C9H20N2/c1-4-6-11-7-5-9(8-11)10(2)3/h9H,4-8H2,1-3H3. The molecular formula is C9H20N2. The van der Waals surface area contributed by atoms with Crippen molar-refractivity contribution in [2.24, 2.45) is 0 Å². The Morgan fingerprint density at radius 1 is 1.45 bits per heavy atom. The van der Waals surface area contributed by atoms with E-state index in [0.717, 1.165) is 6.04 Å². The third-order valence-electron chi connectivity index (χ3n) is 2.52. The van der Waals surface area contributed by atoms with Gasteiger partial charge in [0.1, 0.15) is 0 Å². The van der Waals surface area contributed by atoms with E-state index in [1.54, 1.807) is 0 Å². The van der Waals surface area contributed by atoms with Crippen molar-refractivity contribution < 1.29 is 0 Å². The second-order valence-corrected chi connectivity index (χ2v) is 3.71. The molecule has 2 nitrogen and oxygen atoms in total. The van der Waals surface area contributed by atoms with Crippen molar-refractivity contribution in [3.05, 3.63) is 0 Å². The van der Waals surface area contributed by atoms with Gasteiger partial charge in [-0.3, -0.25) is 0 Å². The lowest BCUT2D eigenvalue weighted by molar-refractivity contribution is 0.269. The minimum absolute atomic E-state index is 0.807. The first-order valence-electron chi connectivity index (χ1n) is 4.62. The van der Waals surface area contributed by atoms with Gasteiger partial charge in [-0.1, -0.05) is 6.92 Å². The SMILES string of the molecule is CCCN1CCC(N(C)C)C1. The number of likely N-dealkylation sites (tertiary alicyclic amines) is 1. The number of hydrogen-bond acceptors (Lipinski definition) is 2. The summed E-state index contributed by atoms with van der Waals surface area (Å²) in [5.74, 6) is 0. The zero-order valence-electron chi connectivity index (χ0n) is 8.01. The van der Waals surface area contributed by atoms with Crippen LogP contribution in [0.2, 0.25) is 0 Å². The molecule has 11 heavy (non-hydrogen) atoms. The fourth-order valence-corrected chi connectivity index (χ4v) is 1.75. The minimum atomic E-state index is 0.807. The van der Waals surface area contributed by atoms with Crippen molar-refractivity contribution in [1.82, 2.24) is 9.80 Å². The molecule has 1 saturated heterocycles. The summed E-state index contributed by atoms with van der Waals surface area (Å²) in [6.07, 6.45) is 2.65. The van der Waals surface area contributed by atoms with Gasteiger partial charge < -0.3 is 9.80 Å². The lowest BCUT2D eigenvalue weighted by Crippen LogP contribution is -2.31. The molecule has 0 N–H and O–H groups in total. The van der Waals surface area contributed by atoms with Gasteiger partial charge in [0.25, 0.3) is 0 Å². The second kappa shape index (κ2) is 4.07. The molecular weight excluding hydrogens is 136 g/mol. The molecule has 1 heterocycles. The Kier molecular flexibility index (Phi) is 3.34. The fraction of sp³-hybridized carbons (Fsp3) is 1.00. The van der Waals surface area contributed by atoms with Crippen LogP contribution < -0.4 is 0 Å². The highest BCUT2D eigenvalue weighted by Gasteiger charge is 2.22. The Morgan fingerprint density at radius 2 is 2.18 bits per heavy atom. The summed E-state index contributed by atoms with van der Waals surface area (Å²) < 4.78 is 0. The van der Waals surface area contributed by atoms with Crippen LogP contribution in [0.5, 0.6) is 0 Å². The Morgan fingerprint density at radius 3 is 2.64 bits per heavy atom. The molecule has 66 valence electrons. The molecule has 0 amide bonds. The number of hydrogen-bond donors (Lipinski definition) is 0. The second-order valence-electron chi connectivity index (χ2n) is 3.71. The lowest BCUT2D eigenvalue weighted by atomic mass is 10.2. The summed E-state index contributed by atoms with van der Waals surface area (Å²) in [7, 11) is 4.36. The molecule has 0 aromatic rings. The van der Waals surface area contributed by atoms with Crippen molar-refractivity contribution in [2.45, 2.75) is 25.8 Å². The van der Waals surface area contributed by atoms with Gasteiger partial charge in [0, 0.05) is 12.6 Å². The Balaban J connectivity index is 2.23. The fourth-order valence-electron chi connectivity index (χ4n) is 1.75. The highest BCUT2D eigenvalue weighted by atomic mass is 15.2. The molecule has 1 unspecified atom stereocenters. The molecule has 1 rings (SSSR count). The number of likely N-dealkylation sites (N-methyl/N-ethyl adjacent to an activating group) is 1. The Labute approximate surface area is 70.2 Å². The Bertz CT molecular complexity index is 112. The van der Waals surface area contributed by atoms with Crippen LogP contribution >= 0.6 is 0 Å². The summed E-state index contributed by atoms with van der Waals surface area (Å²) in [5.41, 5.74) is 0. The first-order valence-corrected chi connectivity index (χ1v) is 4.62. The van der Waals surface area contributed by atoms with Gasteiger partial charge in [-0.05, 0) is 40.0 Å². The van der Waals surface area contributed by atoms with Gasteiger partial charge in [-0.2, -0.15) is 0 Å². The summed E-state index contributed by atoms with van der Waals surface area (Å²) in [6.45, 7) is 6.12. The molecule has 1 atom stereocenters. The monoisotopic (exact) mass is 156 g/mol. The van der Waals surface area contributed by atoms with E-state index < -0.39 is 0 Å². The molecule has 0 aliphatic carbocycles. The quantitative estimate of drug-likeness (QED) is 0.602. The highest BCUT2D eigenvalue weighted by Crippen LogP contribution is 2.12. The van der Waals surface area contributed by atoms with Crippen LogP contribution in [-0.2, 0) is 0 Å². The van der Waals surface area contributed by atoms with Crippen molar-refractivity contribution in [2.75, 3.05) is 33.7 Å². The maximum absolute atomic E-state index is 2.56. The average Bonchev–Trinajstić information content (AvgIpc) is 2.37. The van der Waals surface area contributed by atoms with Crippen LogP contribution in [0.25, 0.3) is 0 Å². The molecule has 0 aromatic heterocycles. The average molecular weight is 156 g/mol. The molecule has 0 saturated carbocycles. The number of nitrogens with zero attached hydrogens (tertiary/aromatic N) is 2. The van der Waals surface area contributed by atoms with Crippen LogP contribution in [0.1, 0.15) is 19.8 Å². The van der Waals surface area contributed by atoms with Gasteiger partial charge in [0.15, 0.2) is 0 Å². The molecule has 0 bridgehead atoms. The van der Waals surface area contributed by atoms with E-state index in [0.29, 0.717) is 0 Å². The molecule has 0 aromatic carbocycles. The van der Waals surface area contributed by atoms with E-state index >= 15 is 0 Å². The molecule has 1 aliphatic rings. The van der Waals surface area contributed by atoms with Crippen LogP contribution in [0.15, 0.2) is 0 Å². The van der Waals surface area contributed by atoms with E-state index in [2.05, 4.69) is 30.8 Å². The van der Waals surface area contributed by atoms with E-state index in [1.807, 2.05) is 0 Å². The van der Waals surface area contributed by atoms with Crippen molar-refractivity contribution in [3.8, 4) is 0 Å². The predicted octanol–water partition coefficient (Wildman–Crippen LogP) is 1.03. The van der Waals surface area contributed by atoms with Gasteiger partial charge in [-0.15, -0.1) is 0 Å². The van der Waals surface area contributed by atoms with Gasteiger partial charge in [0.2, 0.25) is 0 Å². The van der Waals surface area contributed by atoms with E-state index in [-0.39, 0.29) is 0 Å². The smallest absolute Gasteiger partial charge is 0.0229 e. The molecule has 1 fully saturated rings. The normalized spacial score (nSPS) is 26.7. The molecule has 2 heteroatoms. The van der Waals surface area contributed by atoms with Crippen molar-refractivity contribution in [1.29, 1.82) is 0 Å². The Hall–Kier alpha value is -0.0800. The van der Waals surface area contributed by atoms with Crippen molar-refractivity contribution in [3.63, 3.8) is 0 Å². The topological polar surface area (TPSA) is 6.48 Å². The van der Waals surface area contributed by atoms with E-state index in [9.17, 15) is 0 Å². The maximum Gasteiger partial charge on any atom is 0.0229 e. The van der Waals surface area contributed by atoms with Gasteiger partial charge in [0.05, 0.1) is 0 Å². The lowest BCUT2D eigenvalue weighted by Gasteiger charge is -2.19. The summed E-state index contributed by atoms with van der Waals surface area (Å²) in [6, 6.07) is 0.807. The third-order valence-corrected chi connectivity index (χ3v) is 2.52. The molecule has 0 spiro atoms. The van der Waals surface area contributed by atoms with Crippen LogP contribution in [0.3, 0.4) is 0 Å². The minimum Gasteiger partial charge on any atom is -0.305 e. The number of rotatable bonds is 3. The molecule has 1 aliphatic heterocycles. The first kappa shape index (κ1) is 9.01. The summed E-state index contributed by atoms with van der Waals surface area (Å²) in [4.78, 5) is 4.90. The first-order chi connectivity index (χ1) is 5.24. The van der Waals surface area contributed by atoms with Gasteiger partial charge >= 0.3 is 0 Å². The zero-order valence-corrected chi connectivity index (χ0v) is 8.01. The summed E-state index contributed by atoms with van der Waals surface area (Å²) >= 11 is 0. The maximum atomic E-state index is 2.56. The van der Waals surface area contributed by atoms with Crippen molar-refractivity contribution >= 4 is 0 Å². The third kappa shape index (κ3) is 2.46. The largest absolute Gasteiger partial charge is 0.305 e. The summed E-state index contributed by atoms with van der Waals surface area (Å²) in [5, 5.41) is 0. The van der Waals surface area contributed by atoms with Crippen LogP contribution in [0, 0.1) is 0 Å². The zero-order chi connectivity index (χ0) is 8.27. The molecule has 0 radical (unpaired) electrons. The van der Waals surface area contributed by atoms with E-state index in [1.165, 1.54) is 32.5 Å². The van der Waals surface area contributed by atoms with Crippen LogP contribution in [0.4, 0.5) is 0 Å². The predicted molar refractivity (Wildman–Crippen MR) is 48.8 cm³/mol. The van der Waals surface area contributed by atoms with Crippen LogP contribution in [-0.4, -0.2) is 49.6 Å². The van der Waals surface area contributed by atoms with Gasteiger partial charge in [-0.25, -0.2) is 0 Å².